The summed E-state index contributed by atoms with van der Waals surface area (Å²) in [6.07, 6.45) is 9.08. The van der Waals surface area contributed by atoms with E-state index in [0.717, 1.165) is 32.4 Å². The number of hydrogen-bond acceptors (Lipinski definition) is 2. The van der Waals surface area contributed by atoms with Crippen molar-refractivity contribution in [1.29, 1.82) is 0 Å². The van der Waals surface area contributed by atoms with Crippen LogP contribution < -0.4 is 0 Å². The highest BCUT2D eigenvalue weighted by Gasteiger charge is 2.14. The van der Waals surface area contributed by atoms with Crippen LogP contribution in [0.1, 0.15) is 49.8 Å². The average molecular weight is 265 g/mol. The van der Waals surface area contributed by atoms with Crippen LogP contribution in [0.4, 0.5) is 0 Å². The highest BCUT2D eigenvalue weighted by Crippen LogP contribution is 2.14. The van der Waals surface area contributed by atoms with Crippen molar-refractivity contribution >= 4 is 17.2 Å². The molecule has 0 unspecified atom stereocenters. The van der Waals surface area contributed by atoms with Crippen LogP contribution in [0.2, 0.25) is 0 Å². The number of nitrogens with zero attached hydrogens (tertiary/aromatic N) is 1. The number of thiophene rings is 1. The van der Waals surface area contributed by atoms with Crippen molar-refractivity contribution in [3.8, 4) is 0 Å². The van der Waals surface area contributed by atoms with E-state index in [9.17, 15) is 4.79 Å². The number of aryl methyl sites for hydroxylation is 1. The van der Waals surface area contributed by atoms with Crippen LogP contribution in [0.5, 0.6) is 0 Å². The van der Waals surface area contributed by atoms with Crippen LogP contribution in [-0.2, 0) is 11.2 Å². The molecule has 2 rings (SSSR count). The Morgan fingerprint density at radius 3 is 2.56 bits per heavy atom. The molecular weight excluding hydrogens is 242 g/mol. The third kappa shape index (κ3) is 4.45. The zero-order valence-corrected chi connectivity index (χ0v) is 11.9. The topological polar surface area (TPSA) is 20.3 Å². The van der Waals surface area contributed by atoms with Gasteiger partial charge in [0.2, 0.25) is 5.91 Å². The molecule has 100 valence electrons. The molecule has 0 spiro atoms. The second kappa shape index (κ2) is 7.57. The molecule has 1 aromatic rings. The fourth-order valence-electron chi connectivity index (χ4n) is 2.52. The van der Waals surface area contributed by atoms with Crippen LogP contribution in [0.3, 0.4) is 0 Å². The molecule has 0 aliphatic carbocycles. The van der Waals surface area contributed by atoms with Crippen LogP contribution >= 0.6 is 11.3 Å². The lowest BCUT2D eigenvalue weighted by atomic mass is 10.1. The predicted molar refractivity (Wildman–Crippen MR) is 76.9 cm³/mol. The Morgan fingerprint density at radius 1 is 1.17 bits per heavy atom. The molecule has 0 saturated carbocycles. The third-order valence-corrected chi connectivity index (χ3v) is 4.54. The molecule has 2 nitrogen and oxygen atoms in total. The Morgan fingerprint density at radius 2 is 1.89 bits per heavy atom. The standard InChI is InChI=1S/C15H23NOS/c17-15(10-6-8-14-9-7-13-18-14)16-11-4-2-1-3-5-12-16/h7,9,13H,1-6,8,10-12H2. The molecule has 0 radical (unpaired) electrons. The molecule has 0 N–H and O–H groups in total. The summed E-state index contributed by atoms with van der Waals surface area (Å²) in [5.41, 5.74) is 0. The van der Waals surface area contributed by atoms with E-state index in [1.165, 1.54) is 37.0 Å². The maximum absolute atomic E-state index is 12.1. The smallest absolute Gasteiger partial charge is 0.222 e. The molecule has 1 aliphatic heterocycles. The third-order valence-electron chi connectivity index (χ3n) is 3.60. The summed E-state index contributed by atoms with van der Waals surface area (Å²) in [6.45, 7) is 1.97. The van der Waals surface area contributed by atoms with Crippen molar-refractivity contribution in [2.24, 2.45) is 0 Å². The van der Waals surface area contributed by atoms with Gasteiger partial charge in [0.1, 0.15) is 0 Å². The minimum absolute atomic E-state index is 0.369. The molecule has 1 aromatic heterocycles. The SMILES string of the molecule is O=C(CCCc1cccs1)N1CCCCCCC1. The molecule has 0 aromatic carbocycles. The van der Waals surface area contributed by atoms with Gasteiger partial charge in [-0.1, -0.05) is 25.3 Å². The Bertz CT molecular complexity index is 339. The number of carbonyl (C=O) groups excluding carboxylic acids is 1. The van der Waals surface area contributed by atoms with Crippen LogP contribution in [-0.4, -0.2) is 23.9 Å². The van der Waals surface area contributed by atoms with Gasteiger partial charge in [-0.05, 0) is 37.1 Å². The van der Waals surface area contributed by atoms with Gasteiger partial charge in [0.15, 0.2) is 0 Å². The van der Waals surface area contributed by atoms with Gasteiger partial charge in [0.25, 0.3) is 0 Å². The molecular formula is C15H23NOS. The molecule has 2 heterocycles. The summed E-state index contributed by atoms with van der Waals surface area (Å²) in [6, 6.07) is 4.24. The number of amides is 1. The van der Waals surface area contributed by atoms with Crippen molar-refractivity contribution in [2.75, 3.05) is 13.1 Å². The van der Waals surface area contributed by atoms with E-state index < -0.39 is 0 Å². The van der Waals surface area contributed by atoms with Crippen LogP contribution in [0, 0.1) is 0 Å². The Hall–Kier alpha value is -0.830. The van der Waals surface area contributed by atoms with Crippen molar-refractivity contribution in [2.45, 2.75) is 51.4 Å². The first kappa shape index (κ1) is 13.6. The van der Waals surface area contributed by atoms with E-state index in [2.05, 4.69) is 22.4 Å². The summed E-state index contributed by atoms with van der Waals surface area (Å²) in [7, 11) is 0. The van der Waals surface area contributed by atoms with Gasteiger partial charge >= 0.3 is 0 Å². The highest BCUT2D eigenvalue weighted by atomic mass is 32.1. The summed E-state index contributed by atoms with van der Waals surface area (Å²) in [4.78, 5) is 15.6. The van der Waals surface area contributed by atoms with Crippen molar-refractivity contribution in [1.82, 2.24) is 4.90 Å². The Labute approximate surface area is 114 Å². The van der Waals surface area contributed by atoms with Gasteiger partial charge in [0.05, 0.1) is 0 Å². The molecule has 3 heteroatoms. The van der Waals surface area contributed by atoms with E-state index in [4.69, 9.17) is 0 Å². The van der Waals surface area contributed by atoms with Gasteiger partial charge in [-0.3, -0.25) is 4.79 Å². The lowest BCUT2D eigenvalue weighted by molar-refractivity contribution is -0.131. The number of hydrogen-bond donors (Lipinski definition) is 0. The Balaban J connectivity index is 1.69. The van der Waals surface area contributed by atoms with E-state index in [0.29, 0.717) is 5.91 Å². The molecule has 18 heavy (non-hydrogen) atoms. The first-order chi connectivity index (χ1) is 8.86. The fraction of sp³-hybridized carbons (Fsp3) is 0.667. The van der Waals surface area contributed by atoms with E-state index in [1.54, 1.807) is 11.3 Å². The maximum atomic E-state index is 12.1. The fourth-order valence-corrected chi connectivity index (χ4v) is 3.27. The van der Waals surface area contributed by atoms with Crippen molar-refractivity contribution in [3.05, 3.63) is 22.4 Å². The second-order valence-electron chi connectivity index (χ2n) is 5.08. The van der Waals surface area contributed by atoms with Gasteiger partial charge in [0, 0.05) is 24.4 Å². The van der Waals surface area contributed by atoms with Crippen LogP contribution in [0.25, 0.3) is 0 Å². The molecule has 1 saturated heterocycles. The summed E-state index contributed by atoms with van der Waals surface area (Å²) in [5, 5.41) is 2.11. The van der Waals surface area contributed by atoms with Gasteiger partial charge < -0.3 is 4.90 Å². The normalized spacial score (nSPS) is 17.2. The summed E-state index contributed by atoms with van der Waals surface area (Å²) < 4.78 is 0. The van der Waals surface area contributed by atoms with Crippen molar-refractivity contribution < 1.29 is 4.79 Å². The number of carbonyl (C=O) groups is 1. The average Bonchev–Trinajstić information content (AvgIpc) is 2.81. The van der Waals surface area contributed by atoms with E-state index in [1.807, 2.05) is 0 Å². The zero-order chi connectivity index (χ0) is 12.6. The predicted octanol–water partition coefficient (Wildman–Crippen LogP) is 3.86. The highest BCUT2D eigenvalue weighted by molar-refractivity contribution is 7.09. The number of rotatable bonds is 4. The molecule has 0 atom stereocenters. The Kier molecular flexibility index (Phi) is 5.72. The number of likely N-dealkylation sites (tertiary alicyclic amines) is 1. The minimum atomic E-state index is 0.369. The largest absolute Gasteiger partial charge is 0.343 e. The van der Waals surface area contributed by atoms with Gasteiger partial charge in [-0.25, -0.2) is 0 Å². The molecule has 1 fully saturated rings. The quantitative estimate of drug-likeness (QED) is 0.809. The molecule has 1 aliphatic rings. The van der Waals surface area contributed by atoms with E-state index >= 15 is 0 Å². The summed E-state index contributed by atoms with van der Waals surface area (Å²) >= 11 is 1.79. The van der Waals surface area contributed by atoms with Gasteiger partial charge in [-0.15, -0.1) is 11.3 Å². The second-order valence-corrected chi connectivity index (χ2v) is 6.11. The van der Waals surface area contributed by atoms with E-state index in [-0.39, 0.29) is 0 Å². The van der Waals surface area contributed by atoms with Crippen molar-refractivity contribution in [3.63, 3.8) is 0 Å². The monoisotopic (exact) mass is 265 g/mol. The first-order valence-corrected chi connectivity index (χ1v) is 8.04. The zero-order valence-electron chi connectivity index (χ0n) is 11.1. The van der Waals surface area contributed by atoms with Crippen LogP contribution in [0.15, 0.2) is 17.5 Å². The lowest BCUT2D eigenvalue weighted by Crippen LogP contribution is -2.33. The lowest BCUT2D eigenvalue weighted by Gasteiger charge is -2.24. The molecule has 1 amide bonds. The minimum Gasteiger partial charge on any atom is -0.343 e. The first-order valence-electron chi connectivity index (χ1n) is 7.16. The molecule has 0 bridgehead atoms. The summed E-state index contributed by atoms with van der Waals surface area (Å²) in [5.74, 6) is 0.369. The maximum Gasteiger partial charge on any atom is 0.222 e. The van der Waals surface area contributed by atoms with Gasteiger partial charge in [-0.2, -0.15) is 0 Å².